The van der Waals surface area contributed by atoms with Crippen LogP contribution in [0, 0.1) is 18.3 Å². The molecule has 2 saturated heterocycles. The van der Waals surface area contributed by atoms with Crippen LogP contribution >= 0.6 is 24.0 Å². The van der Waals surface area contributed by atoms with Gasteiger partial charge < -0.3 is 9.80 Å². The van der Waals surface area contributed by atoms with Gasteiger partial charge in [0.15, 0.2) is 0 Å². The number of likely N-dealkylation sites (N-methyl/N-ethyl adjacent to an activating group) is 1. The third-order valence-electron chi connectivity index (χ3n) is 6.85. The van der Waals surface area contributed by atoms with Crippen LogP contribution in [0.15, 0.2) is 9.70 Å². The lowest BCUT2D eigenvalue weighted by Gasteiger charge is -2.36. The topological polar surface area (TPSA) is 72.6 Å². The second-order valence-corrected chi connectivity index (χ2v) is 11.0. The van der Waals surface area contributed by atoms with Gasteiger partial charge in [-0.1, -0.05) is 63.0 Å². The number of carbonyl (C=O) groups excluding carboxylic acids is 1. The Morgan fingerprint density at radius 3 is 2.34 bits per heavy atom. The van der Waals surface area contributed by atoms with Gasteiger partial charge in [-0.3, -0.25) is 19.1 Å². The van der Waals surface area contributed by atoms with Gasteiger partial charge in [-0.2, -0.15) is 5.26 Å². The van der Waals surface area contributed by atoms with Gasteiger partial charge >= 0.3 is 0 Å². The van der Waals surface area contributed by atoms with E-state index in [-0.39, 0.29) is 17.0 Å². The molecule has 0 aliphatic carbocycles. The Bertz CT molecular complexity index is 1080. The van der Waals surface area contributed by atoms with Gasteiger partial charge in [0.25, 0.3) is 11.5 Å². The van der Waals surface area contributed by atoms with E-state index in [2.05, 4.69) is 29.8 Å². The molecule has 1 aromatic rings. The zero-order valence-electron chi connectivity index (χ0n) is 21.4. The second kappa shape index (κ2) is 12.7. The quantitative estimate of drug-likeness (QED) is 0.260. The van der Waals surface area contributed by atoms with Gasteiger partial charge in [0, 0.05) is 44.8 Å². The molecule has 0 saturated carbocycles. The number of aromatic nitrogens is 1. The largest absolute Gasteiger partial charge is 0.355 e. The summed E-state index contributed by atoms with van der Waals surface area (Å²) in [5, 5.41) is 9.75. The van der Waals surface area contributed by atoms with Crippen molar-refractivity contribution in [2.45, 2.75) is 65.8 Å². The van der Waals surface area contributed by atoms with Gasteiger partial charge in [0.2, 0.25) is 0 Å². The number of hydrogen-bond acceptors (Lipinski definition) is 7. The summed E-state index contributed by atoms with van der Waals surface area (Å²) < 4.78 is 2.26. The average Bonchev–Trinajstić information content (AvgIpc) is 3.11. The first-order chi connectivity index (χ1) is 16.8. The van der Waals surface area contributed by atoms with Gasteiger partial charge in [-0.25, -0.2) is 0 Å². The average molecular weight is 516 g/mol. The Hall–Kier alpha value is -2.15. The molecule has 1 aromatic heterocycles. The summed E-state index contributed by atoms with van der Waals surface area (Å²) in [4.78, 5) is 33.2. The number of hydrogen-bond donors (Lipinski definition) is 0. The number of nitriles is 1. The van der Waals surface area contributed by atoms with Crippen LogP contribution in [0.5, 0.6) is 0 Å². The number of amides is 1. The van der Waals surface area contributed by atoms with Crippen molar-refractivity contribution in [1.82, 2.24) is 14.4 Å². The van der Waals surface area contributed by atoms with Gasteiger partial charge in [0.1, 0.15) is 21.8 Å². The summed E-state index contributed by atoms with van der Waals surface area (Å²) in [7, 11) is 2.09. The molecule has 2 aliphatic heterocycles. The van der Waals surface area contributed by atoms with Crippen LogP contribution in [0.1, 0.15) is 69.1 Å². The molecule has 0 spiro atoms. The lowest BCUT2D eigenvalue weighted by atomic mass is 10.0. The fourth-order valence-corrected chi connectivity index (χ4v) is 5.96. The molecule has 0 radical (unpaired) electrons. The van der Waals surface area contributed by atoms with Crippen molar-refractivity contribution in [3.63, 3.8) is 0 Å². The van der Waals surface area contributed by atoms with Crippen LogP contribution in [0.25, 0.3) is 6.08 Å². The van der Waals surface area contributed by atoms with E-state index >= 15 is 0 Å². The fourth-order valence-electron chi connectivity index (χ4n) is 4.67. The minimum atomic E-state index is -0.269. The van der Waals surface area contributed by atoms with Crippen LogP contribution in [0.2, 0.25) is 0 Å². The van der Waals surface area contributed by atoms with Crippen LogP contribution in [-0.4, -0.2) is 64.4 Å². The molecule has 35 heavy (non-hydrogen) atoms. The van der Waals surface area contributed by atoms with Crippen LogP contribution in [-0.2, 0) is 11.3 Å². The van der Waals surface area contributed by atoms with Crippen LogP contribution in [0.4, 0.5) is 5.82 Å². The Morgan fingerprint density at radius 2 is 1.71 bits per heavy atom. The highest BCUT2D eigenvalue weighted by molar-refractivity contribution is 8.26. The third-order valence-corrected chi connectivity index (χ3v) is 8.23. The van der Waals surface area contributed by atoms with Crippen LogP contribution < -0.4 is 10.5 Å². The number of anilines is 1. The maximum absolute atomic E-state index is 13.3. The maximum Gasteiger partial charge on any atom is 0.270 e. The number of nitrogens with zero attached hydrogens (tertiary/aromatic N) is 5. The molecule has 0 atom stereocenters. The minimum Gasteiger partial charge on any atom is -0.355 e. The predicted octanol–water partition coefficient (Wildman–Crippen LogP) is 4.36. The van der Waals surface area contributed by atoms with E-state index in [0.29, 0.717) is 27.9 Å². The summed E-state index contributed by atoms with van der Waals surface area (Å²) in [6.07, 6.45) is 8.77. The van der Waals surface area contributed by atoms with Crippen LogP contribution in [0.3, 0.4) is 0 Å². The molecular weight excluding hydrogens is 478 g/mol. The monoisotopic (exact) mass is 515 g/mol. The molecule has 9 heteroatoms. The summed E-state index contributed by atoms with van der Waals surface area (Å²) >= 11 is 6.87. The molecular formula is C26H37N5O2S2. The van der Waals surface area contributed by atoms with E-state index < -0.39 is 0 Å². The van der Waals surface area contributed by atoms with E-state index in [9.17, 15) is 14.9 Å². The van der Waals surface area contributed by atoms with Crippen molar-refractivity contribution in [2.75, 3.05) is 44.7 Å². The van der Waals surface area contributed by atoms with Crippen molar-refractivity contribution in [3.8, 4) is 6.07 Å². The lowest BCUT2D eigenvalue weighted by molar-refractivity contribution is -0.122. The normalized spacial score (nSPS) is 18.1. The molecule has 0 aromatic carbocycles. The molecule has 0 bridgehead atoms. The molecule has 0 unspecified atom stereocenters. The highest BCUT2D eigenvalue weighted by atomic mass is 32.2. The maximum atomic E-state index is 13.3. The Labute approximate surface area is 218 Å². The molecule has 190 valence electrons. The molecule has 0 N–H and O–H groups in total. The van der Waals surface area contributed by atoms with Crippen molar-refractivity contribution in [2.24, 2.45) is 0 Å². The van der Waals surface area contributed by atoms with E-state index in [1.807, 2.05) is 19.9 Å². The molecule has 1 amide bonds. The van der Waals surface area contributed by atoms with E-state index in [4.69, 9.17) is 12.2 Å². The van der Waals surface area contributed by atoms with Gasteiger partial charge in [0.05, 0.1) is 4.91 Å². The smallest absolute Gasteiger partial charge is 0.270 e. The SMILES string of the molecule is CCCCCCCCN1C(=O)/C(=C\c2c(C)c(C#N)c(=O)n(CC)c2N2CCN(C)CC2)SC1=S. The first kappa shape index (κ1) is 27.4. The Morgan fingerprint density at radius 1 is 1.06 bits per heavy atom. The summed E-state index contributed by atoms with van der Waals surface area (Å²) in [6, 6.07) is 2.10. The van der Waals surface area contributed by atoms with Crippen molar-refractivity contribution < 1.29 is 4.79 Å². The number of carbonyl (C=O) groups is 1. The Balaban J connectivity index is 1.94. The van der Waals surface area contributed by atoms with E-state index in [1.54, 1.807) is 9.47 Å². The first-order valence-corrected chi connectivity index (χ1v) is 13.9. The second-order valence-electron chi connectivity index (χ2n) is 9.29. The van der Waals surface area contributed by atoms with Crippen molar-refractivity contribution in [3.05, 3.63) is 31.9 Å². The summed E-state index contributed by atoms with van der Waals surface area (Å²) in [5.41, 5.74) is 1.26. The molecule has 3 rings (SSSR count). The van der Waals surface area contributed by atoms with Gasteiger partial charge in [-0.05, 0) is 39.0 Å². The van der Waals surface area contributed by atoms with Crippen molar-refractivity contribution >= 4 is 46.1 Å². The zero-order valence-corrected chi connectivity index (χ0v) is 23.1. The highest BCUT2D eigenvalue weighted by Gasteiger charge is 2.33. The standard InChI is InChI=1S/C26H37N5O2S2/c1-5-7-8-9-10-11-12-31-25(33)22(35-26(31)34)17-20-19(3)21(18-27)24(32)30(6-2)23(20)29-15-13-28(4)14-16-29/h17H,5-16H2,1-4H3/b22-17+. The molecule has 3 heterocycles. The molecule has 2 aliphatic rings. The fraction of sp³-hybridized carbons (Fsp3) is 0.615. The first-order valence-electron chi connectivity index (χ1n) is 12.7. The number of unbranched alkanes of at least 4 members (excludes halogenated alkanes) is 5. The van der Waals surface area contributed by atoms with Gasteiger partial charge in [-0.15, -0.1) is 0 Å². The third kappa shape index (κ3) is 6.16. The van der Waals surface area contributed by atoms with E-state index in [0.717, 1.165) is 50.4 Å². The highest BCUT2D eigenvalue weighted by Crippen LogP contribution is 2.36. The predicted molar refractivity (Wildman–Crippen MR) is 149 cm³/mol. The van der Waals surface area contributed by atoms with E-state index in [1.165, 1.54) is 37.4 Å². The summed E-state index contributed by atoms with van der Waals surface area (Å²) in [6.45, 7) is 10.3. The Kier molecular flexibility index (Phi) is 9.96. The van der Waals surface area contributed by atoms with Crippen molar-refractivity contribution in [1.29, 1.82) is 5.26 Å². The molecule has 7 nitrogen and oxygen atoms in total. The number of pyridine rings is 1. The molecule has 2 fully saturated rings. The lowest BCUT2D eigenvalue weighted by Crippen LogP contribution is -2.47. The minimum absolute atomic E-state index is 0.0787. The number of piperazine rings is 1. The summed E-state index contributed by atoms with van der Waals surface area (Å²) in [5.74, 6) is 0.716. The zero-order chi connectivity index (χ0) is 25.5. The number of thiocarbonyl (C=S) groups is 1. The number of rotatable bonds is 10. The number of thioether (sulfide) groups is 1.